The van der Waals surface area contributed by atoms with Crippen molar-refractivity contribution in [3.05, 3.63) is 242 Å². The molecule has 0 N–H and O–H groups in total. The summed E-state index contributed by atoms with van der Waals surface area (Å²) in [4.78, 5) is 4.94. The molecule has 0 aliphatic carbocycles. The van der Waals surface area contributed by atoms with E-state index in [0.29, 0.717) is 28.2 Å². The number of fused-ring (bicyclic) bond motifs is 7. The number of nitrogens with zero attached hydrogens (tertiary/aromatic N) is 5. The second-order valence-corrected chi connectivity index (χ2v) is 16.5. The molecule has 13 aromatic rings. The number of aryl methyl sites for hydroxylation is 1. The Morgan fingerprint density at radius 3 is 1.82 bits per heavy atom. The van der Waals surface area contributed by atoms with E-state index in [-0.39, 0.29) is 27.9 Å². The first-order valence-corrected chi connectivity index (χ1v) is 22.4. The van der Waals surface area contributed by atoms with Crippen LogP contribution in [0.2, 0.25) is 0 Å². The van der Waals surface area contributed by atoms with E-state index in [9.17, 15) is 0 Å². The summed E-state index contributed by atoms with van der Waals surface area (Å²) in [5.74, 6) is 1.82. The quantitative estimate of drug-likeness (QED) is 0.107. The molecule has 0 fully saturated rings. The Kier molecular flexibility index (Phi) is 7.19. The Morgan fingerprint density at radius 1 is 0.544 bits per heavy atom. The maximum Gasteiger partial charge on any atom is 0.269 e. The van der Waals surface area contributed by atoms with Crippen molar-refractivity contribution in [1.29, 1.82) is 0 Å². The van der Waals surface area contributed by atoms with Crippen molar-refractivity contribution in [2.75, 3.05) is 0 Å². The van der Waals surface area contributed by atoms with Crippen LogP contribution in [0.4, 0.5) is 0 Å². The van der Waals surface area contributed by atoms with E-state index in [1.54, 1.807) is 22.8 Å². The van der Waals surface area contributed by atoms with E-state index < -0.39 is 60.4 Å². The van der Waals surface area contributed by atoms with Gasteiger partial charge in [-0.05, 0) is 82.8 Å². The van der Waals surface area contributed by atoms with Crippen LogP contribution in [-0.2, 0) is 6.42 Å². The van der Waals surface area contributed by atoms with Crippen LogP contribution in [0.15, 0.2) is 230 Å². The van der Waals surface area contributed by atoms with Crippen LogP contribution in [0.3, 0.4) is 0 Å². The van der Waals surface area contributed by atoms with Gasteiger partial charge in [0.1, 0.15) is 17.3 Å². The fourth-order valence-electron chi connectivity index (χ4n) is 9.71. The highest BCUT2D eigenvalue weighted by atomic mass is 16.5. The van der Waals surface area contributed by atoms with Gasteiger partial charge in [0.25, 0.3) is 6.33 Å². The molecule has 6 heteroatoms. The van der Waals surface area contributed by atoms with E-state index in [0.717, 1.165) is 67.1 Å². The number of benzene rings is 9. The second-order valence-electron chi connectivity index (χ2n) is 16.5. The predicted molar refractivity (Wildman–Crippen MR) is 277 cm³/mol. The van der Waals surface area contributed by atoms with E-state index in [4.69, 9.17) is 23.4 Å². The maximum absolute atomic E-state index is 9.10. The van der Waals surface area contributed by atoms with Crippen molar-refractivity contribution in [3.63, 3.8) is 0 Å². The number of hydrogen-bond donors (Lipinski definition) is 0. The topological polar surface area (TPSA) is 40.8 Å². The van der Waals surface area contributed by atoms with Crippen molar-refractivity contribution < 1.29 is 23.0 Å². The van der Waals surface area contributed by atoms with Gasteiger partial charge in [-0.2, -0.15) is 0 Å². The standard InChI is InChI=1S/C62H43N5O/c1-2-42-35-36-63-60(37-42)67-55-32-14-11-27-52(55)61-58(66-53-30-12-9-25-50(53)51-26-10-13-31-54(51)66)39-47(40-59(61)67)68-46-24-17-23-45(38-46)64-41-65(57-34-16-15-33-56(57)64)62-48(43-19-5-3-6-20-43)28-18-29-49(62)44-21-7-4-8-22-44/h3-40H,2H2,1H3/i3D,4D,5D,6D,7D,8D,19D,20D,21D,22D. The molecule has 0 atom stereocenters. The minimum atomic E-state index is -0.570. The van der Waals surface area contributed by atoms with Crippen molar-refractivity contribution in [2.24, 2.45) is 0 Å². The van der Waals surface area contributed by atoms with Crippen LogP contribution < -0.4 is 9.30 Å². The van der Waals surface area contributed by atoms with Crippen molar-refractivity contribution in [2.45, 2.75) is 13.3 Å². The number of aromatic nitrogens is 5. The third-order valence-electron chi connectivity index (χ3n) is 12.7. The molecule has 68 heavy (non-hydrogen) atoms. The molecular formula is C62H43N5O. The summed E-state index contributed by atoms with van der Waals surface area (Å²) in [6, 6.07) is 48.0. The molecule has 0 aliphatic heterocycles. The van der Waals surface area contributed by atoms with Crippen LogP contribution in [0, 0.1) is 6.33 Å². The third-order valence-corrected chi connectivity index (χ3v) is 12.7. The smallest absolute Gasteiger partial charge is 0.269 e. The molecule has 6 nitrogen and oxygen atoms in total. The number of para-hydroxylation sites is 6. The summed E-state index contributed by atoms with van der Waals surface area (Å²) in [7, 11) is 0. The van der Waals surface area contributed by atoms with Gasteiger partial charge in [-0.25, -0.2) is 4.98 Å². The first kappa shape index (κ1) is 30.3. The van der Waals surface area contributed by atoms with Gasteiger partial charge in [0.15, 0.2) is 0 Å². The van der Waals surface area contributed by atoms with E-state index in [1.165, 1.54) is 0 Å². The van der Waals surface area contributed by atoms with Gasteiger partial charge in [-0.15, -0.1) is 0 Å². The molecule has 0 aliphatic rings. The average molecular weight is 884 g/mol. The minimum absolute atomic E-state index is 0.136. The average Bonchev–Trinajstić information content (AvgIpc) is 4.34. The zero-order valence-electron chi connectivity index (χ0n) is 46.5. The van der Waals surface area contributed by atoms with Crippen molar-refractivity contribution >= 4 is 54.6 Å². The third kappa shape index (κ3) is 6.41. The van der Waals surface area contributed by atoms with Crippen LogP contribution >= 0.6 is 0 Å². The Labute approximate surface area is 407 Å². The minimum Gasteiger partial charge on any atom is -0.458 e. The molecule has 9 aromatic carbocycles. The summed E-state index contributed by atoms with van der Waals surface area (Å²) in [5, 5.41) is 4.30. The zero-order valence-corrected chi connectivity index (χ0v) is 36.5. The number of imidazole rings is 1. The highest BCUT2D eigenvalue weighted by molar-refractivity contribution is 6.16. The highest BCUT2D eigenvalue weighted by Gasteiger charge is 2.23. The molecule has 0 saturated carbocycles. The second kappa shape index (κ2) is 16.2. The van der Waals surface area contributed by atoms with Crippen LogP contribution in [-0.4, -0.2) is 18.7 Å². The van der Waals surface area contributed by atoms with Gasteiger partial charge in [-0.3, -0.25) is 13.7 Å². The SMILES string of the molecule is [2H]c1c([2H])c([2H])c(-c2cccc(-c3c([2H])c([2H])c([2H])c([2H])c3[2H])c2-[n+]2[c-]n(-c3cccc(Oc4cc(-n5c6ccccc6c6ccccc65)c5c6ccccc6n(-c6cc(CC)ccn6)c5c4)c3)c3ccccc32)c([2H])c1[2H]. The largest absolute Gasteiger partial charge is 0.458 e. The van der Waals surface area contributed by atoms with Crippen LogP contribution in [0.1, 0.15) is 26.2 Å². The lowest BCUT2D eigenvalue weighted by atomic mass is 9.95. The van der Waals surface area contributed by atoms with Crippen LogP contribution in [0.5, 0.6) is 11.5 Å². The number of ether oxygens (including phenoxy) is 1. The molecule has 4 aromatic heterocycles. The number of rotatable bonds is 9. The molecule has 0 spiro atoms. The molecule has 0 unspecified atom stereocenters. The molecule has 0 bridgehead atoms. The Balaban J connectivity index is 1.03. The van der Waals surface area contributed by atoms with Gasteiger partial charge >= 0.3 is 0 Å². The number of hydrogen-bond acceptors (Lipinski definition) is 2. The van der Waals surface area contributed by atoms with Gasteiger partial charge in [-0.1, -0.05) is 170 Å². The molecule has 0 radical (unpaired) electrons. The number of pyridine rings is 1. The lowest BCUT2D eigenvalue weighted by Gasteiger charge is -2.17. The molecule has 13 rings (SSSR count). The summed E-state index contributed by atoms with van der Waals surface area (Å²) < 4.78 is 103. The van der Waals surface area contributed by atoms with Crippen molar-refractivity contribution in [1.82, 2.24) is 18.7 Å². The first-order valence-electron chi connectivity index (χ1n) is 27.4. The van der Waals surface area contributed by atoms with Crippen LogP contribution in [0.25, 0.3) is 99.8 Å². The fourth-order valence-corrected chi connectivity index (χ4v) is 9.71. The Morgan fingerprint density at radius 2 is 1.15 bits per heavy atom. The molecule has 322 valence electrons. The van der Waals surface area contributed by atoms with E-state index >= 15 is 0 Å². The molecular weight excluding hydrogens is 831 g/mol. The van der Waals surface area contributed by atoms with E-state index in [2.05, 4.69) is 107 Å². The maximum atomic E-state index is 9.10. The molecule has 0 saturated heterocycles. The summed E-state index contributed by atoms with van der Waals surface area (Å²) in [6.07, 6.45) is 6.17. The van der Waals surface area contributed by atoms with Gasteiger partial charge in [0, 0.05) is 39.9 Å². The van der Waals surface area contributed by atoms with E-state index in [1.807, 2.05) is 71.4 Å². The first-order chi connectivity index (χ1) is 37.8. The predicted octanol–water partition coefficient (Wildman–Crippen LogP) is 15.0. The summed E-state index contributed by atoms with van der Waals surface area (Å²) in [6.45, 7) is 2.13. The lowest BCUT2D eigenvalue weighted by Crippen LogP contribution is -2.31. The molecule has 4 heterocycles. The fraction of sp³-hybridized carbons (Fsp3) is 0.0323. The summed E-state index contributed by atoms with van der Waals surface area (Å²) in [5.41, 5.74) is 8.03. The summed E-state index contributed by atoms with van der Waals surface area (Å²) >= 11 is 0. The Hall–Kier alpha value is -9.00. The van der Waals surface area contributed by atoms with Gasteiger partial charge in [0.2, 0.25) is 0 Å². The van der Waals surface area contributed by atoms with Crippen molar-refractivity contribution in [3.8, 4) is 56.6 Å². The highest BCUT2D eigenvalue weighted by Crippen LogP contribution is 2.43. The zero-order chi connectivity index (χ0) is 53.8. The molecule has 0 amide bonds. The normalized spacial score (nSPS) is 13.7. The van der Waals surface area contributed by atoms with Gasteiger partial charge < -0.3 is 9.30 Å². The monoisotopic (exact) mass is 883 g/mol. The van der Waals surface area contributed by atoms with Gasteiger partial charge in [0.05, 0.1) is 63.9 Å². The Bertz CT molecular complexity index is 4480. The lowest BCUT2D eigenvalue weighted by molar-refractivity contribution is -0.571.